The normalized spacial score (nSPS) is 51.2. The fourth-order valence-electron chi connectivity index (χ4n) is 13.2. The number of nitrogens with one attached hydrogen (secondary N) is 8. The summed E-state index contributed by atoms with van der Waals surface area (Å²) < 4.78 is 0. The molecule has 4 aliphatic carbocycles. The quantitative estimate of drug-likeness (QED) is 0.157. The molecule has 10 rings (SSSR count). The van der Waals surface area contributed by atoms with E-state index in [0.717, 1.165) is 11.6 Å². The third kappa shape index (κ3) is 5.77. The third-order valence-electron chi connectivity index (χ3n) is 15.3. The molecule has 9 nitrogen and oxygen atoms in total. The molecule has 9 aliphatic rings. The van der Waals surface area contributed by atoms with Crippen molar-refractivity contribution in [2.45, 2.75) is 152 Å². The van der Waals surface area contributed by atoms with Gasteiger partial charge in [-0.2, -0.15) is 0 Å². The van der Waals surface area contributed by atoms with Gasteiger partial charge in [0.05, 0.1) is 49.3 Å². The zero-order valence-corrected chi connectivity index (χ0v) is 30.2. The van der Waals surface area contributed by atoms with Crippen molar-refractivity contribution in [2.24, 2.45) is 47.3 Å². The van der Waals surface area contributed by atoms with Crippen LogP contribution in [0.2, 0.25) is 0 Å². The Bertz CT molecular complexity index is 1270. The molecule has 9 fully saturated rings. The van der Waals surface area contributed by atoms with Gasteiger partial charge in [0.15, 0.2) is 0 Å². The maximum Gasteiger partial charge on any atom is 0.0634 e. The van der Waals surface area contributed by atoms with Crippen LogP contribution in [0.25, 0.3) is 0 Å². The minimum Gasteiger partial charge on any atom is -0.399 e. The van der Waals surface area contributed by atoms with Gasteiger partial charge >= 0.3 is 0 Å². The van der Waals surface area contributed by atoms with Gasteiger partial charge < -0.3 is 5.73 Å². The molecule has 0 amide bonds. The van der Waals surface area contributed by atoms with E-state index in [-0.39, 0.29) is 26.6 Å². The Kier molecular flexibility index (Phi) is 9.50. The summed E-state index contributed by atoms with van der Waals surface area (Å²) >= 11 is 0. The van der Waals surface area contributed by atoms with E-state index in [4.69, 9.17) is 5.73 Å². The zero-order valence-electron chi connectivity index (χ0n) is 28.6. The Morgan fingerprint density at radius 3 is 1.06 bits per heavy atom. The van der Waals surface area contributed by atoms with Crippen molar-refractivity contribution < 1.29 is 20.4 Å². The smallest absolute Gasteiger partial charge is 0.0634 e. The molecule has 4 saturated carbocycles. The van der Waals surface area contributed by atoms with E-state index in [9.17, 15) is 0 Å². The molecular formula is C38H61N9Pd. The maximum absolute atomic E-state index is 6.19. The van der Waals surface area contributed by atoms with Gasteiger partial charge in [0, 0.05) is 26.1 Å². The molecular weight excluding hydrogens is 689 g/mol. The topological polar surface area (TPSA) is 122 Å². The molecule has 5 heterocycles. The Balaban J connectivity index is 0.00000314. The van der Waals surface area contributed by atoms with Crippen LogP contribution in [-0.2, 0) is 20.4 Å². The maximum atomic E-state index is 6.19. The van der Waals surface area contributed by atoms with E-state index < -0.39 is 0 Å². The first kappa shape index (κ1) is 33.2. The van der Waals surface area contributed by atoms with Gasteiger partial charge in [-0.05, 0) is 122 Å². The number of rotatable bonds is 1. The van der Waals surface area contributed by atoms with Crippen molar-refractivity contribution in [3.63, 3.8) is 0 Å². The molecule has 268 valence electrons. The van der Waals surface area contributed by atoms with Gasteiger partial charge in [-0.15, -0.1) is 0 Å². The molecule has 8 bridgehead atoms. The SMILES string of the molecule is Nc1ccc(C2CCCC3C4NC5NC(NC6NC(NC7NC(NC(N4)C23)C2CCCCC72)C2CCCCC62)C2CCCCC52)cc1.[Pd]. The zero-order chi connectivity index (χ0) is 31.1. The number of nitrogens with two attached hydrogens (primary N) is 1. The molecule has 5 saturated heterocycles. The van der Waals surface area contributed by atoms with Crippen molar-refractivity contribution in [1.82, 2.24) is 42.5 Å². The molecule has 1 aromatic rings. The summed E-state index contributed by atoms with van der Waals surface area (Å²) in [5.41, 5.74) is 8.53. The largest absolute Gasteiger partial charge is 0.399 e. The van der Waals surface area contributed by atoms with Crippen LogP contribution < -0.4 is 48.3 Å². The number of nitrogen functional groups attached to an aromatic ring is 1. The van der Waals surface area contributed by atoms with E-state index in [1.165, 1.54) is 102 Å². The van der Waals surface area contributed by atoms with Crippen LogP contribution in [-0.4, -0.2) is 49.3 Å². The second-order valence-corrected chi connectivity index (χ2v) is 17.4. The van der Waals surface area contributed by atoms with Crippen LogP contribution in [0, 0.1) is 47.3 Å². The summed E-state index contributed by atoms with van der Waals surface area (Å²) in [5.74, 6) is 5.90. The second kappa shape index (κ2) is 13.7. The predicted molar refractivity (Wildman–Crippen MR) is 186 cm³/mol. The first-order valence-electron chi connectivity index (χ1n) is 20.1. The second-order valence-electron chi connectivity index (χ2n) is 17.4. The Hall–Kier alpha value is -0.638. The molecule has 0 spiro atoms. The fraction of sp³-hybridized carbons (Fsp3) is 0.842. The van der Waals surface area contributed by atoms with Gasteiger partial charge in [0.25, 0.3) is 0 Å². The van der Waals surface area contributed by atoms with Crippen LogP contribution in [0.4, 0.5) is 5.69 Å². The number of hydrogen-bond acceptors (Lipinski definition) is 9. The van der Waals surface area contributed by atoms with Gasteiger partial charge in [0.1, 0.15) is 0 Å². The standard InChI is InChI=1S/C38H61N9.Pd/c39-21-18-16-20(17-19-21)22-14-7-15-29-30(22)38-46-36-28-13-6-5-12-27(28)34(44-36)42-32-24-9-2-1-8-23(24)31(40-32)41-33-25-10-3-4-11-26(25)35(43-33)45-37(29)47-38;/h16-19,22-38,40-47H,1-15,39H2;. The minimum absolute atomic E-state index is 0. The molecule has 5 aliphatic heterocycles. The Morgan fingerprint density at radius 1 is 0.375 bits per heavy atom. The van der Waals surface area contributed by atoms with Crippen molar-refractivity contribution in [3.05, 3.63) is 29.8 Å². The van der Waals surface area contributed by atoms with Crippen LogP contribution in [0.5, 0.6) is 0 Å². The van der Waals surface area contributed by atoms with Gasteiger partial charge in [-0.25, -0.2) is 0 Å². The first-order chi connectivity index (χ1) is 23.2. The molecule has 17 unspecified atom stereocenters. The van der Waals surface area contributed by atoms with E-state index in [0.29, 0.717) is 90.5 Å². The first-order valence-corrected chi connectivity index (χ1v) is 20.1. The molecule has 0 aromatic heterocycles. The van der Waals surface area contributed by atoms with Gasteiger partial charge in [0.2, 0.25) is 0 Å². The van der Waals surface area contributed by atoms with E-state index in [2.05, 4.69) is 66.8 Å². The summed E-state index contributed by atoms with van der Waals surface area (Å²) in [6.07, 6.45) is 23.0. The number of fused-ring (bicyclic) bond motifs is 20. The third-order valence-corrected chi connectivity index (χ3v) is 15.3. The summed E-state index contributed by atoms with van der Waals surface area (Å²) in [5, 5.41) is 34.2. The summed E-state index contributed by atoms with van der Waals surface area (Å²) in [6.45, 7) is 0. The predicted octanol–water partition coefficient (Wildman–Crippen LogP) is 3.58. The fourth-order valence-corrected chi connectivity index (χ4v) is 13.2. The van der Waals surface area contributed by atoms with Crippen molar-refractivity contribution >= 4 is 5.69 Å². The van der Waals surface area contributed by atoms with E-state index in [1.807, 2.05) is 0 Å². The molecule has 0 radical (unpaired) electrons. The van der Waals surface area contributed by atoms with E-state index >= 15 is 0 Å². The number of hydrogen-bond donors (Lipinski definition) is 9. The van der Waals surface area contributed by atoms with Crippen LogP contribution in [0.3, 0.4) is 0 Å². The number of benzene rings is 1. The number of anilines is 1. The van der Waals surface area contributed by atoms with Crippen molar-refractivity contribution in [2.75, 3.05) is 5.73 Å². The minimum atomic E-state index is 0. The van der Waals surface area contributed by atoms with Gasteiger partial charge in [-0.3, -0.25) is 42.5 Å². The van der Waals surface area contributed by atoms with Crippen LogP contribution in [0.1, 0.15) is 108 Å². The monoisotopic (exact) mass is 749 g/mol. The van der Waals surface area contributed by atoms with Crippen LogP contribution in [0.15, 0.2) is 24.3 Å². The Labute approximate surface area is 302 Å². The summed E-state index contributed by atoms with van der Waals surface area (Å²) in [4.78, 5) is 0. The molecule has 10 N–H and O–H groups in total. The van der Waals surface area contributed by atoms with E-state index in [1.54, 1.807) is 0 Å². The van der Waals surface area contributed by atoms with Crippen molar-refractivity contribution in [3.8, 4) is 0 Å². The molecule has 17 atom stereocenters. The Morgan fingerprint density at radius 2 is 0.688 bits per heavy atom. The average molecular weight is 750 g/mol. The molecule has 1 aromatic carbocycles. The van der Waals surface area contributed by atoms with Gasteiger partial charge in [-0.1, -0.05) is 57.1 Å². The van der Waals surface area contributed by atoms with Crippen LogP contribution >= 0.6 is 0 Å². The summed E-state index contributed by atoms with van der Waals surface area (Å²) in [6, 6.07) is 8.89. The molecule has 48 heavy (non-hydrogen) atoms. The van der Waals surface area contributed by atoms with Crippen molar-refractivity contribution in [1.29, 1.82) is 0 Å². The average Bonchev–Trinajstić information content (AvgIpc) is 3.84. The molecule has 10 heteroatoms. The summed E-state index contributed by atoms with van der Waals surface area (Å²) in [7, 11) is 0.